The molecular weight excluding hydrogens is 220 g/mol. The lowest BCUT2D eigenvalue weighted by molar-refractivity contribution is -0.121. The van der Waals surface area contributed by atoms with Crippen molar-refractivity contribution in [3.05, 3.63) is 0 Å². The number of rotatable bonds is 6. The van der Waals surface area contributed by atoms with Crippen LogP contribution in [0, 0.1) is 17.8 Å². The second-order valence-electron chi connectivity index (χ2n) is 4.78. The summed E-state index contributed by atoms with van der Waals surface area (Å²) in [5.41, 5.74) is 5.88. The third kappa shape index (κ3) is 7.61. The summed E-state index contributed by atoms with van der Waals surface area (Å²) in [6.07, 6.45) is 5.49. The standard InChI is InChI=1S/C12H22N2OS/c1-5-7-16-8-6-14-11(15)9-10(13)12(2,3)4/h1,10H,6-9,13H2,2-4H3,(H,14,15). The van der Waals surface area contributed by atoms with Crippen molar-refractivity contribution in [2.45, 2.75) is 33.2 Å². The average molecular weight is 242 g/mol. The van der Waals surface area contributed by atoms with Crippen molar-refractivity contribution < 1.29 is 4.79 Å². The number of thioether (sulfide) groups is 1. The Kier molecular flexibility index (Phi) is 7.27. The van der Waals surface area contributed by atoms with Gasteiger partial charge in [0.2, 0.25) is 5.91 Å². The number of terminal acetylenes is 1. The molecule has 0 aliphatic carbocycles. The molecule has 0 aromatic carbocycles. The predicted octanol–water partition coefficient (Wildman–Crippen LogP) is 1.23. The van der Waals surface area contributed by atoms with E-state index in [-0.39, 0.29) is 17.4 Å². The minimum Gasteiger partial charge on any atom is -0.355 e. The number of hydrogen-bond acceptors (Lipinski definition) is 3. The van der Waals surface area contributed by atoms with Gasteiger partial charge >= 0.3 is 0 Å². The molecule has 1 unspecified atom stereocenters. The summed E-state index contributed by atoms with van der Waals surface area (Å²) in [6, 6.07) is -0.106. The Morgan fingerprint density at radius 3 is 2.69 bits per heavy atom. The molecule has 0 fully saturated rings. The molecule has 0 radical (unpaired) electrons. The first-order valence-corrected chi connectivity index (χ1v) is 6.57. The normalized spacial score (nSPS) is 12.9. The van der Waals surface area contributed by atoms with E-state index in [0.29, 0.717) is 18.7 Å². The molecule has 0 aromatic rings. The zero-order chi connectivity index (χ0) is 12.6. The van der Waals surface area contributed by atoms with E-state index >= 15 is 0 Å². The van der Waals surface area contributed by atoms with Crippen LogP contribution in [0.3, 0.4) is 0 Å². The van der Waals surface area contributed by atoms with Crippen molar-refractivity contribution in [3.63, 3.8) is 0 Å². The Morgan fingerprint density at radius 1 is 1.56 bits per heavy atom. The van der Waals surface area contributed by atoms with E-state index in [0.717, 1.165) is 5.75 Å². The molecule has 0 heterocycles. The number of nitrogens with one attached hydrogen (secondary N) is 1. The van der Waals surface area contributed by atoms with Gasteiger partial charge in [0.25, 0.3) is 0 Å². The molecule has 0 aromatic heterocycles. The van der Waals surface area contributed by atoms with Gasteiger partial charge in [0.1, 0.15) is 0 Å². The molecule has 0 aliphatic heterocycles. The van der Waals surface area contributed by atoms with Crippen LogP contribution in [0.15, 0.2) is 0 Å². The lowest BCUT2D eigenvalue weighted by Crippen LogP contribution is -2.40. The SMILES string of the molecule is C#CCSCCNC(=O)CC(N)C(C)(C)C. The predicted molar refractivity (Wildman–Crippen MR) is 71.2 cm³/mol. The highest BCUT2D eigenvalue weighted by molar-refractivity contribution is 7.99. The number of hydrogen-bond donors (Lipinski definition) is 2. The Bertz CT molecular complexity index is 253. The Balaban J connectivity index is 3.64. The molecule has 1 amide bonds. The highest BCUT2D eigenvalue weighted by atomic mass is 32.2. The third-order valence-corrected chi connectivity index (χ3v) is 3.14. The first-order valence-electron chi connectivity index (χ1n) is 5.41. The summed E-state index contributed by atoms with van der Waals surface area (Å²) in [6.45, 7) is 6.76. The molecule has 0 saturated carbocycles. The zero-order valence-corrected chi connectivity index (χ0v) is 11.2. The minimum absolute atomic E-state index is 0.0173. The molecule has 0 spiro atoms. The molecule has 92 valence electrons. The van der Waals surface area contributed by atoms with E-state index < -0.39 is 0 Å². The monoisotopic (exact) mass is 242 g/mol. The van der Waals surface area contributed by atoms with E-state index in [9.17, 15) is 4.79 Å². The van der Waals surface area contributed by atoms with Crippen LogP contribution in [-0.2, 0) is 4.79 Å². The van der Waals surface area contributed by atoms with E-state index in [4.69, 9.17) is 12.2 Å². The fourth-order valence-electron chi connectivity index (χ4n) is 0.972. The topological polar surface area (TPSA) is 55.1 Å². The van der Waals surface area contributed by atoms with Crippen LogP contribution in [-0.4, -0.2) is 30.0 Å². The van der Waals surface area contributed by atoms with Crippen LogP contribution >= 0.6 is 11.8 Å². The second-order valence-corrected chi connectivity index (χ2v) is 5.89. The highest BCUT2D eigenvalue weighted by Gasteiger charge is 2.22. The number of amides is 1. The third-order valence-electron chi connectivity index (χ3n) is 2.27. The Morgan fingerprint density at radius 2 is 2.19 bits per heavy atom. The van der Waals surface area contributed by atoms with Crippen LogP contribution in [0.25, 0.3) is 0 Å². The molecule has 1 atom stereocenters. The smallest absolute Gasteiger partial charge is 0.221 e. The summed E-state index contributed by atoms with van der Waals surface area (Å²) >= 11 is 1.64. The van der Waals surface area contributed by atoms with E-state index in [1.165, 1.54) is 0 Å². The van der Waals surface area contributed by atoms with E-state index in [1.54, 1.807) is 11.8 Å². The molecule has 0 rings (SSSR count). The van der Waals surface area contributed by atoms with E-state index in [1.807, 2.05) is 20.8 Å². The van der Waals surface area contributed by atoms with Crippen molar-refractivity contribution >= 4 is 17.7 Å². The van der Waals surface area contributed by atoms with Crippen LogP contribution in [0.2, 0.25) is 0 Å². The molecule has 0 saturated heterocycles. The molecule has 16 heavy (non-hydrogen) atoms. The quantitative estimate of drug-likeness (QED) is 0.544. The van der Waals surface area contributed by atoms with Gasteiger partial charge in [0.15, 0.2) is 0 Å². The molecular formula is C12H22N2OS. The molecule has 3 N–H and O–H groups in total. The zero-order valence-electron chi connectivity index (χ0n) is 10.4. The first kappa shape index (κ1) is 15.3. The Labute approximate surface area is 103 Å². The average Bonchev–Trinajstić information content (AvgIpc) is 2.16. The van der Waals surface area contributed by atoms with Gasteiger partial charge < -0.3 is 11.1 Å². The molecule has 3 nitrogen and oxygen atoms in total. The summed E-state index contributed by atoms with van der Waals surface area (Å²) in [5.74, 6) is 4.10. The number of carbonyl (C=O) groups excluding carboxylic acids is 1. The van der Waals surface area contributed by atoms with E-state index in [2.05, 4.69) is 11.2 Å². The minimum atomic E-state index is -0.106. The van der Waals surface area contributed by atoms with Crippen molar-refractivity contribution in [1.29, 1.82) is 0 Å². The van der Waals surface area contributed by atoms with Gasteiger partial charge in [-0.05, 0) is 5.41 Å². The van der Waals surface area contributed by atoms with Crippen LogP contribution in [0.5, 0.6) is 0 Å². The van der Waals surface area contributed by atoms with Gasteiger partial charge in [-0.2, -0.15) is 0 Å². The summed E-state index contributed by atoms with van der Waals surface area (Å²) in [4.78, 5) is 11.5. The van der Waals surface area contributed by atoms with Crippen molar-refractivity contribution in [3.8, 4) is 12.3 Å². The van der Waals surface area contributed by atoms with Gasteiger partial charge in [-0.1, -0.05) is 26.7 Å². The number of carbonyl (C=O) groups is 1. The summed E-state index contributed by atoms with van der Waals surface area (Å²) in [7, 11) is 0. The van der Waals surface area contributed by atoms with Gasteiger partial charge in [-0.25, -0.2) is 0 Å². The van der Waals surface area contributed by atoms with Gasteiger partial charge in [0.05, 0.1) is 5.75 Å². The van der Waals surface area contributed by atoms with Gasteiger partial charge in [-0.3, -0.25) is 4.79 Å². The van der Waals surface area contributed by atoms with Gasteiger partial charge in [-0.15, -0.1) is 18.2 Å². The van der Waals surface area contributed by atoms with Crippen LogP contribution in [0.4, 0.5) is 0 Å². The maximum atomic E-state index is 11.5. The maximum absolute atomic E-state index is 11.5. The van der Waals surface area contributed by atoms with Gasteiger partial charge in [0, 0.05) is 24.8 Å². The lowest BCUT2D eigenvalue weighted by Gasteiger charge is -2.26. The Hall–Kier alpha value is -0.660. The summed E-state index contributed by atoms with van der Waals surface area (Å²) in [5, 5.41) is 2.84. The van der Waals surface area contributed by atoms with Crippen molar-refractivity contribution in [2.75, 3.05) is 18.1 Å². The lowest BCUT2D eigenvalue weighted by atomic mass is 9.85. The van der Waals surface area contributed by atoms with Crippen LogP contribution in [0.1, 0.15) is 27.2 Å². The molecule has 0 bridgehead atoms. The first-order chi connectivity index (χ1) is 7.38. The highest BCUT2D eigenvalue weighted by Crippen LogP contribution is 2.19. The second kappa shape index (κ2) is 7.59. The fourth-order valence-corrected chi connectivity index (χ4v) is 1.48. The van der Waals surface area contributed by atoms with Crippen molar-refractivity contribution in [2.24, 2.45) is 11.1 Å². The molecule has 4 heteroatoms. The largest absolute Gasteiger partial charge is 0.355 e. The summed E-state index contributed by atoms with van der Waals surface area (Å²) < 4.78 is 0. The maximum Gasteiger partial charge on any atom is 0.221 e. The fraction of sp³-hybridized carbons (Fsp3) is 0.750. The number of nitrogens with two attached hydrogens (primary N) is 1. The van der Waals surface area contributed by atoms with Crippen LogP contribution < -0.4 is 11.1 Å². The molecule has 0 aliphatic rings. The van der Waals surface area contributed by atoms with Crippen molar-refractivity contribution in [1.82, 2.24) is 5.32 Å².